The summed E-state index contributed by atoms with van der Waals surface area (Å²) in [5, 5.41) is 0. The van der Waals surface area contributed by atoms with Crippen molar-refractivity contribution in [2.24, 2.45) is 23.7 Å². The first-order valence-corrected chi connectivity index (χ1v) is 13.8. The van der Waals surface area contributed by atoms with Crippen molar-refractivity contribution >= 4 is 5.97 Å². The summed E-state index contributed by atoms with van der Waals surface area (Å²) in [6, 6.07) is 7.49. The van der Waals surface area contributed by atoms with Gasteiger partial charge >= 0.3 is 5.97 Å². The van der Waals surface area contributed by atoms with E-state index in [-0.39, 0.29) is 11.9 Å². The Morgan fingerprint density at radius 1 is 0.818 bits per heavy atom. The molecule has 0 aliphatic heterocycles. The molecular weight excluding hydrogens is 408 g/mol. The Hall–Kier alpha value is -1.77. The van der Waals surface area contributed by atoms with Crippen LogP contribution in [0.1, 0.15) is 104 Å². The summed E-state index contributed by atoms with van der Waals surface area (Å²) in [6.07, 6.45) is 22.3. The lowest BCUT2D eigenvalue weighted by Crippen LogP contribution is -2.25. The lowest BCUT2D eigenvalue weighted by Gasteiger charge is -2.26. The molecule has 0 aromatic heterocycles. The number of benzene rings is 1. The average molecular weight is 455 g/mol. The van der Waals surface area contributed by atoms with Crippen molar-refractivity contribution < 1.29 is 14.3 Å². The Morgan fingerprint density at radius 3 is 2.12 bits per heavy atom. The zero-order chi connectivity index (χ0) is 23.3. The van der Waals surface area contributed by atoms with Crippen LogP contribution in [0.4, 0.5) is 0 Å². The molecule has 2 fully saturated rings. The van der Waals surface area contributed by atoms with Crippen LogP contribution in [-0.4, -0.2) is 12.6 Å². The van der Waals surface area contributed by atoms with Crippen LogP contribution in [0.2, 0.25) is 0 Å². The van der Waals surface area contributed by atoms with Crippen molar-refractivity contribution in [1.82, 2.24) is 0 Å². The molecule has 0 radical (unpaired) electrons. The van der Waals surface area contributed by atoms with Crippen molar-refractivity contribution in [3.8, 4) is 11.5 Å². The van der Waals surface area contributed by atoms with Gasteiger partial charge in [-0.2, -0.15) is 0 Å². The molecule has 0 amide bonds. The largest absolute Gasteiger partial charge is 0.490 e. The first-order chi connectivity index (χ1) is 16.2. The highest BCUT2D eigenvalue weighted by Gasteiger charge is 2.27. The van der Waals surface area contributed by atoms with Gasteiger partial charge in [0.1, 0.15) is 18.1 Å². The third-order valence-electron chi connectivity index (χ3n) is 7.78. The van der Waals surface area contributed by atoms with Gasteiger partial charge < -0.3 is 9.47 Å². The highest BCUT2D eigenvalue weighted by molar-refractivity contribution is 5.75. The molecule has 184 valence electrons. The van der Waals surface area contributed by atoms with E-state index < -0.39 is 0 Å². The van der Waals surface area contributed by atoms with E-state index in [9.17, 15) is 4.79 Å². The first-order valence-electron chi connectivity index (χ1n) is 13.8. The van der Waals surface area contributed by atoms with Gasteiger partial charge in [0.05, 0.1) is 5.92 Å². The fraction of sp³-hybridized carbons (Fsp3) is 0.700. The number of ether oxygens (including phenoxy) is 2. The smallest absolute Gasteiger partial charge is 0.314 e. The molecule has 3 nitrogen and oxygen atoms in total. The van der Waals surface area contributed by atoms with E-state index in [1.807, 2.05) is 24.3 Å². The summed E-state index contributed by atoms with van der Waals surface area (Å²) >= 11 is 0. The molecule has 3 rings (SSSR count). The van der Waals surface area contributed by atoms with Crippen molar-refractivity contribution in [1.29, 1.82) is 0 Å². The summed E-state index contributed by atoms with van der Waals surface area (Å²) in [5.74, 6) is 3.91. The van der Waals surface area contributed by atoms with Gasteiger partial charge in [-0.3, -0.25) is 4.79 Å². The Morgan fingerprint density at radius 2 is 1.45 bits per heavy atom. The maximum atomic E-state index is 12.5. The maximum absolute atomic E-state index is 12.5. The molecule has 2 aliphatic rings. The van der Waals surface area contributed by atoms with E-state index in [0.29, 0.717) is 12.4 Å². The molecule has 0 atom stereocenters. The number of carbonyl (C=O) groups excluding carboxylic acids is 1. The number of carbonyl (C=O) groups is 1. The van der Waals surface area contributed by atoms with Crippen molar-refractivity contribution in [2.45, 2.75) is 104 Å². The van der Waals surface area contributed by atoms with E-state index >= 15 is 0 Å². The molecule has 1 aromatic carbocycles. The van der Waals surface area contributed by atoms with Gasteiger partial charge in [0.25, 0.3) is 0 Å². The molecule has 0 unspecified atom stereocenters. The van der Waals surface area contributed by atoms with E-state index in [1.54, 1.807) is 0 Å². The van der Waals surface area contributed by atoms with Gasteiger partial charge in [-0.15, -0.1) is 0 Å². The predicted molar refractivity (Wildman–Crippen MR) is 137 cm³/mol. The number of hydrogen-bond acceptors (Lipinski definition) is 3. The Labute approximate surface area is 202 Å². The summed E-state index contributed by atoms with van der Waals surface area (Å²) in [5.41, 5.74) is 0. The molecule has 0 N–H and O–H groups in total. The molecule has 2 saturated carbocycles. The number of esters is 1. The summed E-state index contributed by atoms with van der Waals surface area (Å²) < 4.78 is 11.5. The van der Waals surface area contributed by atoms with Crippen molar-refractivity contribution in [2.75, 3.05) is 6.61 Å². The molecule has 0 bridgehead atoms. The minimum atomic E-state index is -0.0679. The van der Waals surface area contributed by atoms with Crippen molar-refractivity contribution in [3.05, 3.63) is 36.4 Å². The molecule has 0 saturated heterocycles. The molecule has 1 aromatic rings. The highest BCUT2D eigenvalue weighted by Crippen LogP contribution is 2.33. The topological polar surface area (TPSA) is 35.5 Å². The van der Waals surface area contributed by atoms with E-state index in [0.717, 1.165) is 49.2 Å². The summed E-state index contributed by atoms with van der Waals surface area (Å²) in [4.78, 5) is 12.5. The van der Waals surface area contributed by atoms with Crippen LogP contribution in [0.25, 0.3) is 0 Å². The zero-order valence-electron chi connectivity index (χ0n) is 21.1. The van der Waals surface area contributed by atoms with Gasteiger partial charge in [-0.1, -0.05) is 64.5 Å². The van der Waals surface area contributed by atoms with Gasteiger partial charge in [-0.25, -0.2) is 0 Å². The molecule has 3 heteroatoms. The van der Waals surface area contributed by atoms with Gasteiger partial charge in [-0.05, 0) is 93.4 Å². The minimum absolute atomic E-state index is 0.0607. The Kier molecular flexibility index (Phi) is 11.3. The third-order valence-corrected chi connectivity index (χ3v) is 7.78. The van der Waals surface area contributed by atoms with E-state index in [1.165, 1.54) is 64.2 Å². The van der Waals surface area contributed by atoms with Crippen LogP contribution < -0.4 is 9.47 Å². The van der Waals surface area contributed by atoms with Gasteiger partial charge in [0.2, 0.25) is 0 Å². The van der Waals surface area contributed by atoms with Crippen LogP contribution >= 0.6 is 0 Å². The van der Waals surface area contributed by atoms with E-state index in [4.69, 9.17) is 9.47 Å². The van der Waals surface area contributed by atoms with Crippen LogP contribution in [0.15, 0.2) is 36.4 Å². The Balaban J connectivity index is 1.31. The van der Waals surface area contributed by atoms with Crippen LogP contribution in [0, 0.1) is 23.7 Å². The minimum Gasteiger partial charge on any atom is -0.490 e. The lowest BCUT2D eigenvalue weighted by molar-refractivity contribution is -0.140. The SMILES string of the molecule is CCCCC[C@H]1CC[C@H](C=CCOc2ccc(OC(=O)[C@H]3CC[C@H](CCC)CC3)cc2)CC1. The summed E-state index contributed by atoms with van der Waals surface area (Å²) in [7, 11) is 0. The zero-order valence-corrected chi connectivity index (χ0v) is 21.1. The van der Waals surface area contributed by atoms with E-state index in [2.05, 4.69) is 26.0 Å². The van der Waals surface area contributed by atoms with Crippen LogP contribution in [-0.2, 0) is 4.79 Å². The average Bonchev–Trinajstić information content (AvgIpc) is 2.84. The van der Waals surface area contributed by atoms with Crippen LogP contribution in [0.5, 0.6) is 11.5 Å². The predicted octanol–water partition coefficient (Wildman–Crippen LogP) is 8.52. The molecule has 0 spiro atoms. The number of unbranched alkanes of at least 4 members (excludes halogenated alkanes) is 2. The second kappa shape index (κ2) is 14.5. The fourth-order valence-electron chi connectivity index (χ4n) is 5.64. The second-order valence-electron chi connectivity index (χ2n) is 10.4. The monoisotopic (exact) mass is 454 g/mol. The second-order valence-corrected chi connectivity index (χ2v) is 10.4. The normalized spacial score (nSPS) is 25.8. The van der Waals surface area contributed by atoms with Crippen LogP contribution in [0.3, 0.4) is 0 Å². The number of hydrogen-bond donors (Lipinski definition) is 0. The molecular formula is C30H46O3. The molecule has 0 heterocycles. The first kappa shape index (κ1) is 25.8. The van der Waals surface area contributed by atoms with Gasteiger partial charge in [0.15, 0.2) is 0 Å². The quantitative estimate of drug-likeness (QED) is 0.137. The van der Waals surface area contributed by atoms with Crippen molar-refractivity contribution in [3.63, 3.8) is 0 Å². The molecule has 2 aliphatic carbocycles. The standard InChI is InChI=1S/C30H46O3/c1-3-5-6-9-25-11-13-26(14-12-25)10-7-23-32-28-19-21-29(22-20-28)33-30(31)27-17-15-24(8-4-2)16-18-27/h7,10,19-22,24-27H,3-6,8-9,11-18,23H2,1-2H3/t24-,25-,26-,27-. The maximum Gasteiger partial charge on any atom is 0.314 e. The molecule has 33 heavy (non-hydrogen) atoms. The number of allylic oxidation sites excluding steroid dienone is 1. The highest BCUT2D eigenvalue weighted by atomic mass is 16.5. The lowest BCUT2D eigenvalue weighted by atomic mass is 9.79. The fourth-order valence-corrected chi connectivity index (χ4v) is 5.64. The van der Waals surface area contributed by atoms with Gasteiger partial charge in [0, 0.05) is 0 Å². The Bertz CT molecular complexity index is 692. The number of rotatable bonds is 12. The summed E-state index contributed by atoms with van der Waals surface area (Å²) in [6.45, 7) is 5.12. The third kappa shape index (κ3) is 9.18.